The molecule has 1 aromatic carbocycles. The Hall–Kier alpha value is -0.830. The molecular formula is C9H7FNS. The second-order valence-electron chi connectivity index (χ2n) is 2.44. The molecule has 0 saturated carbocycles. The van der Waals surface area contributed by atoms with Crippen LogP contribution in [0.25, 0.3) is 0 Å². The summed E-state index contributed by atoms with van der Waals surface area (Å²) in [5, 5.41) is 0.912. The van der Waals surface area contributed by atoms with E-state index in [-0.39, 0.29) is 5.82 Å². The number of nitrogens with zero attached hydrogens (tertiary/aromatic N) is 1. The number of hydrogen-bond acceptors (Lipinski definition) is 2. The first kappa shape index (κ1) is 7.80. The minimum atomic E-state index is -0.206. The third-order valence-corrected chi connectivity index (χ3v) is 2.50. The first-order chi connectivity index (χ1) is 5.86. The van der Waals surface area contributed by atoms with Crippen LogP contribution in [0.3, 0.4) is 0 Å². The van der Waals surface area contributed by atoms with E-state index in [4.69, 9.17) is 0 Å². The van der Waals surface area contributed by atoms with Gasteiger partial charge in [-0.15, -0.1) is 11.8 Å². The first-order valence-corrected chi connectivity index (χ1v) is 4.63. The maximum absolute atomic E-state index is 12.7. The van der Waals surface area contributed by atoms with E-state index in [1.54, 1.807) is 17.8 Å². The third kappa shape index (κ3) is 1.50. The van der Waals surface area contributed by atoms with Gasteiger partial charge < -0.3 is 0 Å². The van der Waals surface area contributed by atoms with Crippen LogP contribution in [0.4, 0.5) is 4.39 Å². The molecule has 1 heterocycles. The van der Waals surface area contributed by atoms with Crippen molar-refractivity contribution >= 4 is 16.8 Å². The Morgan fingerprint density at radius 2 is 2.33 bits per heavy atom. The van der Waals surface area contributed by atoms with Gasteiger partial charge >= 0.3 is 0 Å². The van der Waals surface area contributed by atoms with Crippen molar-refractivity contribution in [1.82, 2.24) is 0 Å². The van der Waals surface area contributed by atoms with Crippen LogP contribution in [-0.4, -0.2) is 10.8 Å². The number of benzene rings is 1. The molecule has 1 nitrogen and oxygen atoms in total. The van der Waals surface area contributed by atoms with Crippen LogP contribution in [0.1, 0.15) is 5.56 Å². The van der Waals surface area contributed by atoms with E-state index in [0.717, 1.165) is 16.4 Å². The zero-order valence-electron chi connectivity index (χ0n) is 6.33. The topological polar surface area (TPSA) is 12.4 Å². The average molecular weight is 180 g/mol. The van der Waals surface area contributed by atoms with Gasteiger partial charge in [0.15, 0.2) is 0 Å². The largest absolute Gasteiger partial charge is 0.271 e. The average Bonchev–Trinajstić information content (AvgIpc) is 2.56. The number of rotatable bonds is 1. The molecule has 1 radical (unpaired) electrons. The minimum absolute atomic E-state index is 0.206. The maximum atomic E-state index is 12.7. The Bertz CT molecular complexity index is 322. The lowest BCUT2D eigenvalue weighted by molar-refractivity contribution is 0.627. The molecular weight excluding hydrogens is 173 g/mol. The quantitative estimate of drug-likeness (QED) is 0.646. The minimum Gasteiger partial charge on any atom is -0.271 e. The zero-order valence-corrected chi connectivity index (χ0v) is 7.14. The summed E-state index contributed by atoms with van der Waals surface area (Å²) in [5.74, 6) is 0.689. The summed E-state index contributed by atoms with van der Waals surface area (Å²) in [6, 6.07) is 6.51. The van der Waals surface area contributed by atoms with Gasteiger partial charge in [-0.2, -0.15) is 0 Å². The van der Waals surface area contributed by atoms with Gasteiger partial charge in [0.05, 0.1) is 11.6 Å². The highest BCUT2D eigenvalue weighted by molar-refractivity contribution is 8.14. The van der Waals surface area contributed by atoms with Crippen LogP contribution >= 0.6 is 11.8 Å². The summed E-state index contributed by atoms with van der Waals surface area (Å²) in [4.78, 5) is 4.14. The molecule has 0 spiro atoms. The maximum Gasteiger partial charge on any atom is 0.123 e. The monoisotopic (exact) mass is 180 g/mol. The molecule has 3 heteroatoms. The van der Waals surface area contributed by atoms with Gasteiger partial charge in [0.25, 0.3) is 0 Å². The Morgan fingerprint density at radius 1 is 1.42 bits per heavy atom. The molecule has 1 aromatic rings. The van der Waals surface area contributed by atoms with Crippen LogP contribution in [0.5, 0.6) is 0 Å². The van der Waals surface area contributed by atoms with Crippen molar-refractivity contribution in [2.24, 2.45) is 4.99 Å². The number of thioether (sulfide) groups is 1. The molecule has 1 aliphatic rings. The van der Waals surface area contributed by atoms with Crippen molar-refractivity contribution in [2.45, 2.75) is 0 Å². The van der Waals surface area contributed by atoms with Crippen molar-refractivity contribution < 1.29 is 4.39 Å². The second-order valence-corrected chi connectivity index (χ2v) is 3.45. The summed E-state index contributed by atoms with van der Waals surface area (Å²) >= 11 is 1.63. The summed E-state index contributed by atoms with van der Waals surface area (Å²) < 4.78 is 12.7. The highest BCUT2D eigenvalue weighted by Gasteiger charge is 2.09. The van der Waals surface area contributed by atoms with E-state index in [2.05, 4.69) is 4.99 Å². The molecule has 0 saturated heterocycles. The van der Waals surface area contributed by atoms with Crippen LogP contribution in [0.15, 0.2) is 29.3 Å². The van der Waals surface area contributed by atoms with Crippen LogP contribution < -0.4 is 0 Å². The van der Waals surface area contributed by atoms with Crippen LogP contribution in [0, 0.1) is 12.4 Å². The lowest BCUT2D eigenvalue weighted by atomic mass is 10.2. The van der Waals surface area contributed by atoms with Gasteiger partial charge in [0.1, 0.15) is 5.82 Å². The molecule has 0 aliphatic carbocycles. The Balaban J connectivity index is 2.33. The predicted molar refractivity (Wildman–Crippen MR) is 49.7 cm³/mol. The molecule has 0 N–H and O–H groups in total. The molecule has 0 unspecified atom stereocenters. The van der Waals surface area contributed by atoms with Crippen LogP contribution in [-0.2, 0) is 0 Å². The molecule has 0 amide bonds. The Morgan fingerprint density at radius 3 is 3.00 bits per heavy atom. The Kier molecular flexibility index (Phi) is 2.13. The molecule has 2 rings (SSSR count). The smallest absolute Gasteiger partial charge is 0.123 e. The van der Waals surface area contributed by atoms with E-state index in [9.17, 15) is 4.39 Å². The SMILES string of the molecule is Fc1cccc(C2=N[CH]CS2)c1. The highest BCUT2D eigenvalue weighted by Crippen LogP contribution is 2.21. The molecule has 61 valence electrons. The Labute approximate surface area is 74.7 Å². The summed E-state index contributed by atoms with van der Waals surface area (Å²) in [6.45, 7) is 1.84. The van der Waals surface area contributed by atoms with Crippen molar-refractivity contribution in [1.29, 1.82) is 0 Å². The van der Waals surface area contributed by atoms with Gasteiger partial charge in [0.2, 0.25) is 0 Å². The first-order valence-electron chi connectivity index (χ1n) is 3.64. The lowest BCUT2D eigenvalue weighted by Crippen LogP contribution is -1.91. The van der Waals surface area contributed by atoms with E-state index in [0.29, 0.717) is 0 Å². The standard InChI is InChI=1S/C9H7FNS/c10-8-3-1-2-7(6-8)9-11-4-5-12-9/h1-4,6H,5H2. The number of hydrogen-bond donors (Lipinski definition) is 0. The van der Waals surface area contributed by atoms with Gasteiger partial charge in [0, 0.05) is 11.3 Å². The summed E-state index contributed by atoms with van der Waals surface area (Å²) in [5.41, 5.74) is 0.869. The predicted octanol–water partition coefficient (Wildman–Crippen LogP) is 2.48. The van der Waals surface area contributed by atoms with E-state index in [1.807, 2.05) is 12.6 Å². The van der Waals surface area contributed by atoms with Gasteiger partial charge in [-0.3, -0.25) is 4.99 Å². The molecule has 0 aromatic heterocycles. The van der Waals surface area contributed by atoms with Crippen molar-refractivity contribution in [3.8, 4) is 0 Å². The van der Waals surface area contributed by atoms with Gasteiger partial charge in [-0.25, -0.2) is 4.39 Å². The van der Waals surface area contributed by atoms with Gasteiger partial charge in [-0.1, -0.05) is 12.1 Å². The highest BCUT2D eigenvalue weighted by atomic mass is 32.2. The van der Waals surface area contributed by atoms with E-state index < -0.39 is 0 Å². The van der Waals surface area contributed by atoms with E-state index in [1.165, 1.54) is 12.1 Å². The van der Waals surface area contributed by atoms with Crippen molar-refractivity contribution in [2.75, 3.05) is 5.75 Å². The van der Waals surface area contributed by atoms with Gasteiger partial charge in [-0.05, 0) is 12.1 Å². The molecule has 1 aliphatic heterocycles. The fourth-order valence-corrected chi connectivity index (χ4v) is 1.80. The summed E-state index contributed by atoms with van der Waals surface area (Å²) in [7, 11) is 0. The van der Waals surface area contributed by atoms with Crippen molar-refractivity contribution in [3.05, 3.63) is 42.2 Å². The number of halogens is 1. The van der Waals surface area contributed by atoms with Crippen LogP contribution in [0.2, 0.25) is 0 Å². The van der Waals surface area contributed by atoms with E-state index >= 15 is 0 Å². The summed E-state index contributed by atoms with van der Waals surface area (Å²) in [6.07, 6.45) is 0. The number of aliphatic imine (C=N–C) groups is 1. The molecule has 0 fully saturated rings. The third-order valence-electron chi connectivity index (χ3n) is 1.57. The molecule has 0 bridgehead atoms. The fourth-order valence-electron chi connectivity index (χ4n) is 1.05. The van der Waals surface area contributed by atoms with Crippen molar-refractivity contribution in [3.63, 3.8) is 0 Å². The molecule has 0 atom stereocenters. The molecule has 12 heavy (non-hydrogen) atoms. The lowest BCUT2D eigenvalue weighted by Gasteiger charge is -1.98. The second kappa shape index (κ2) is 3.27. The normalized spacial score (nSPS) is 16.2. The fraction of sp³-hybridized carbons (Fsp3) is 0.111. The zero-order chi connectivity index (χ0) is 8.39.